The number of nitrogens with one attached hydrogen (secondary N) is 1. The number of amides is 1. The molecule has 7 heteroatoms. The molecule has 2 heterocycles. The van der Waals surface area contributed by atoms with Gasteiger partial charge in [-0.25, -0.2) is 0 Å². The Morgan fingerprint density at radius 2 is 2.00 bits per heavy atom. The molecule has 0 bridgehead atoms. The minimum Gasteiger partial charge on any atom is -0.489 e. The predicted molar refractivity (Wildman–Crippen MR) is 108 cm³/mol. The van der Waals surface area contributed by atoms with Crippen LogP contribution >= 0.6 is 11.6 Å². The second-order valence-corrected chi connectivity index (χ2v) is 7.03. The van der Waals surface area contributed by atoms with Crippen molar-refractivity contribution in [3.05, 3.63) is 76.3 Å². The molecule has 28 heavy (non-hydrogen) atoms. The van der Waals surface area contributed by atoms with Crippen LogP contribution in [0.5, 0.6) is 5.75 Å². The highest BCUT2D eigenvalue weighted by atomic mass is 35.5. The number of ether oxygens (including phenoxy) is 1. The lowest BCUT2D eigenvalue weighted by molar-refractivity contribution is -0.122. The van der Waals surface area contributed by atoms with E-state index < -0.39 is 0 Å². The summed E-state index contributed by atoms with van der Waals surface area (Å²) in [7, 11) is 0. The summed E-state index contributed by atoms with van der Waals surface area (Å²) in [5.41, 5.74) is 3.52. The number of hydrogen-bond donors (Lipinski definition) is 1. The summed E-state index contributed by atoms with van der Waals surface area (Å²) in [6, 6.07) is 11.4. The van der Waals surface area contributed by atoms with E-state index in [1.807, 2.05) is 57.2 Å². The van der Waals surface area contributed by atoms with Crippen LogP contribution in [0.3, 0.4) is 0 Å². The SMILES string of the molecule is Cc1nn(CC(=O)NC(C)c2ccc(OCc3cccnc3)cc2)c(C)c1Cl. The maximum Gasteiger partial charge on any atom is 0.242 e. The Labute approximate surface area is 169 Å². The molecular formula is C21H23ClN4O2. The molecule has 1 unspecified atom stereocenters. The van der Waals surface area contributed by atoms with E-state index in [2.05, 4.69) is 15.4 Å². The van der Waals surface area contributed by atoms with Crippen molar-refractivity contribution >= 4 is 17.5 Å². The molecule has 0 aliphatic heterocycles. The summed E-state index contributed by atoms with van der Waals surface area (Å²) in [6.07, 6.45) is 3.51. The first-order valence-electron chi connectivity index (χ1n) is 9.04. The monoisotopic (exact) mass is 398 g/mol. The maximum atomic E-state index is 12.3. The number of aryl methyl sites for hydroxylation is 1. The van der Waals surface area contributed by atoms with Crippen LogP contribution in [0.1, 0.15) is 35.5 Å². The number of aromatic nitrogens is 3. The van der Waals surface area contributed by atoms with Crippen LogP contribution in [0.15, 0.2) is 48.8 Å². The number of pyridine rings is 1. The van der Waals surface area contributed by atoms with E-state index in [0.29, 0.717) is 11.6 Å². The maximum absolute atomic E-state index is 12.3. The third kappa shape index (κ3) is 4.89. The molecule has 1 atom stereocenters. The number of carbonyl (C=O) groups is 1. The zero-order chi connectivity index (χ0) is 20.1. The van der Waals surface area contributed by atoms with Gasteiger partial charge in [-0.1, -0.05) is 29.8 Å². The van der Waals surface area contributed by atoms with Gasteiger partial charge in [0, 0.05) is 18.0 Å². The number of halogens is 1. The van der Waals surface area contributed by atoms with Crippen molar-refractivity contribution < 1.29 is 9.53 Å². The summed E-state index contributed by atoms with van der Waals surface area (Å²) >= 11 is 6.13. The van der Waals surface area contributed by atoms with Gasteiger partial charge in [0.05, 0.1) is 22.5 Å². The molecule has 0 saturated heterocycles. The van der Waals surface area contributed by atoms with E-state index in [4.69, 9.17) is 16.3 Å². The summed E-state index contributed by atoms with van der Waals surface area (Å²) < 4.78 is 7.38. The summed E-state index contributed by atoms with van der Waals surface area (Å²) in [5.74, 6) is 0.648. The molecule has 2 aromatic heterocycles. The standard InChI is InChI=1S/C21H23ClN4O2/c1-14(24-20(27)12-26-16(3)21(22)15(2)25-26)18-6-8-19(9-7-18)28-13-17-5-4-10-23-11-17/h4-11,14H,12-13H2,1-3H3,(H,24,27). The van der Waals surface area contributed by atoms with E-state index in [0.717, 1.165) is 28.3 Å². The van der Waals surface area contributed by atoms with E-state index in [1.165, 1.54) is 0 Å². The van der Waals surface area contributed by atoms with Gasteiger partial charge in [0.15, 0.2) is 0 Å². The summed E-state index contributed by atoms with van der Waals surface area (Å²) in [6.45, 7) is 6.21. The Balaban J connectivity index is 1.54. The van der Waals surface area contributed by atoms with E-state index in [9.17, 15) is 4.79 Å². The average molecular weight is 399 g/mol. The van der Waals surface area contributed by atoms with E-state index in [-0.39, 0.29) is 18.5 Å². The molecule has 1 amide bonds. The molecule has 1 aromatic carbocycles. The highest BCUT2D eigenvalue weighted by Crippen LogP contribution is 2.20. The molecule has 0 aliphatic rings. The lowest BCUT2D eigenvalue weighted by Gasteiger charge is -2.15. The minimum absolute atomic E-state index is 0.119. The fourth-order valence-corrected chi connectivity index (χ4v) is 2.97. The lowest BCUT2D eigenvalue weighted by atomic mass is 10.1. The van der Waals surface area contributed by atoms with Crippen LogP contribution in [0.4, 0.5) is 0 Å². The van der Waals surface area contributed by atoms with Gasteiger partial charge in [-0.05, 0) is 44.5 Å². The van der Waals surface area contributed by atoms with Crippen molar-refractivity contribution in [1.82, 2.24) is 20.1 Å². The largest absolute Gasteiger partial charge is 0.489 e. The van der Waals surface area contributed by atoms with E-state index in [1.54, 1.807) is 17.1 Å². The van der Waals surface area contributed by atoms with Crippen LogP contribution in [-0.4, -0.2) is 20.7 Å². The molecule has 146 valence electrons. The lowest BCUT2D eigenvalue weighted by Crippen LogP contribution is -2.30. The number of nitrogens with zero attached hydrogens (tertiary/aromatic N) is 3. The summed E-state index contributed by atoms with van der Waals surface area (Å²) in [5, 5.41) is 7.88. The van der Waals surface area contributed by atoms with Gasteiger partial charge in [0.1, 0.15) is 18.9 Å². The first-order valence-corrected chi connectivity index (χ1v) is 9.42. The third-order valence-corrected chi connectivity index (χ3v) is 5.02. The number of rotatable bonds is 7. The topological polar surface area (TPSA) is 69.0 Å². The Morgan fingerprint density at radius 3 is 2.61 bits per heavy atom. The Bertz CT molecular complexity index is 939. The molecule has 3 aromatic rings. The molecule has 0 aliphatic carbocycles. The van der Waals surface area contributed by atoms with Crippen molar-refractivity contribution in [3.63, 3.8) is 0 Å². The third-order valence-electron chi connectivity index (χ3n) is 4.47. The molecule has 0 spiro atoms. The number of hydrogen-bond acceptors (Lipinski definition) is 4. The van der Waals surface area contributed by atoms with Crippen molar-refractivity contribution in [2.75, 3.05) is 0 Å². The molecular weight excluding hydrogens is 376 g/mol. The van der Waals surface area contributed by atoms with Gasteiger partial charge in [0.2, 0.25) is 5.91 Å². The van der Waals surface area contributed by atoms with Gasteiger partial charge in [-0.15, -0.1) is 0 Å². The van der Waals surface area contributed by atoms with Crippen LogP contribution in [0.25, 0.3) is 0 Å². The first-order chi connectivity index (χ1) is 13.4. The van der Waals surface area contributed by atoms with Gasteiger partial charge in [-0.2, -0.15) is 5.10 Å². The van der Waals surface area contributed by atoms with Gasteiger partial charge in [0.25, 0.3) is 0 Å². The average Bonchev–Trinajstić information content (AvgIpc) is 2.94. The Hall–Kier alpha value is -2.86. The van der Waals surface area contributed by atoms with Crippen molar-refractivity contribution in [1.29, 1.82) is 0 Å². The van der Waals surface area contributed by atoms with Crippen LogP contribution < -0.4 is 10.1 Å². The second-order valence-electron chi connectivity index (χ2n) is 6.65. The Kier molecular flexibility index (Phi) is 6.31. The van der Waals surface area contributed by atoms with Crippen molar-refractivity contribution in [2.45, 2.75) is 40.0 Å². The fourth-order valence-electron chi connectivity index (χ4n) is 2.84. The van der Waals surface area contributed by atoms with Crippen LogP contribution in [-0.2, 0) is 17.9 Å². The molecule has 1 N–H and O–H groups in total. The Morgan fingerprint density at radius 1 is 1.25 bits per heavy atom. The normalized spacial score (nSPS) is 11.9. The molecule has 3 rings (SSSR count). The highest BCUT2D eigenvalue weighted by molar-refractivity contribution is 6.31. The highest BCUT2D eigenvalue weighted by Gasteiger charge is 2.14. The summed E-state index contributed by atoms with van der Waals surface area (Å²) in [4.78, 5) is 16.4. The smallest absolute Gasteiger partial charge is 0.242 e. The van der Waals surface area contributed by atoms with Gasteiger partial charge in [-0.3, -0.25) is 14.5 Å². The number of benzene rings is 1. The van der Waals surface area contributed by atoms with E-state index >= 15 is 0 Å². The quantitative estimate of drug-likeness (QED) is 0.653. The van der Waals surface area contributed by atoms with Gasteiger partial charge >= 0.3 is 0 Å². The predicted octanol–water partition coefficient (Wildman–Crippen LogP) is 4.00. The first kappa shape index (κ1) is 19.9. The molecule has 0 fully saturated rings. The van der Waals surface area contributed by atoms with Gasteiger partial charge < -0.3 is 10.1 Å². The second kappa shape index (κ2) is 8.89. The van der Waals surface area contributed by atoms with Crippen LogP contribution in [0.2, 0.25) is 5.02 Å². The van der Waals surface area contributed by atoms with Crippen LogP contribution in [0, 0.1) is 13.8 Å². The number of carbonyl (C=O) groups excluding carboxylic acids is 1. The zero-order valence-corrected chi connectivity index (χ0v) is 16.9. The fraction of sp³-hybridized carbons (Fsp3) is 0.286. The van der Waals surface area contributed by atoms with Crippen molar-refractivity contribution in [3.8, 4) is 5.75 Å². The molecule has 0 radical (unpaired) electrons. The van der Waals surface area contributed by atoms with Crippen molar-refractivity contribution in [2.24, 2.45) is 0 Å². The minimum atomic E-state index is -0.132. The zero-order valence-electron chi connectivity index (χ0n) is 16.1. The molecule has 6 nitrogen and oxygen atoms in total. The molecule has 0 saturated carbocycles.